The number of thiophene rings is 1. The Kier molecular flexibility index (Phi) is 7.46. The lowest BCUT2D eigenvalue weighted by molar-refractivity contribution is 0.104. The molecule has 4 aromatic rings. The summed E-state index contributed by atoms with van der Waals surface area (Å²) in [6.45, 7) is 3.84. The molecule has 1 N–H and O–H groups in total. The number of carbonyl (C=O) groups excluding carboxylic acids is 1. The number of phenols is 1. The third kappa shape index (κ3) is 5.21. The van der Waals surface area contributed by atoms with Gasteiger partial charge in [0.05, 0.1) is 12.1 Å². The van der Waals surface area contributed by atoms with Crippen LogP contribution in [0.2, 0.25) is 5.02 Å². The van der Waals surface area contributed by atoms with E-state index in [0.29, 0.717) is 17.7 Å². The van der Waals surface area contributed by atoms with E-state index in [1.807, 2.05) is 42.5 Å². The number of ketones is 1. The zero-order chi connectivity index (χ0) is 25.1. The van der Waals surface area contributed by atoms with Gasteiger partial charge in [-0.3, -0.25) is 9.69 Å². The third-order valence-corrected chi connectivity index (χ3v) is 8.08. The number of methoxy groups -OCH3 is 1. The molecule has 3 aromatic carbocycles. The number of piperidine rings is 1. The van der Waals surface area contributed by atoms with Gasteiger partial charge < -0.3 is 14.6 Å². The van der Waals surface area contributed by atoms with Crippen LogP contribution in [0.25, 0.3) is 20.5 Å². The van der Waals surface area contributed by atoms with Gasteiger partial charge in [0, 0.05) is 32.6 Å². The molecule has 1 aromatic heterocycles. The highest BCUT2D eigenvalue weighted by Crippen LogP contribution is 2.42. The number of phenolic OH excluding ortho intramolecular Hbond substituents is 1. The van der Waals surface area contributed by atoms with E-state index >= 15 is 0 Å². The fourth-order valence-electron chi connectivity index (χ4n) is 4.60. The fraction of sp³-hybridized carbons (Fsp3) is 0.276. The van der Waals surface area contributed by atoms with Crippen molar-refractivity contribution in [3.8, 4) is 27.7 Å². The Morgan fingerprint density at radius 3 is 2.47 bits per heavy atom. The van der Waals surface area contributed by atoms with Gasteiger partial charge in [-0.05, 0) is 92.2 Å². The Morgan fingerprint density at radius 2 is 1.75 bits per heavy atom. The molecule has 5 nitrogen and oxygen atoms in total. The Balaban J connectivity index is 1.42. The molecule has 7 heteroatoms. The smallest absolute Gasteiger partial charge is 0.195 e. The van der Waals surface area contributed by atoms with Gasteiger partial charge in [0.2, 0.25) is 0 Å². The molecule has 1 saturated heterocycles. The van der Waals surface area contributed by atoms with Crippen molar-refractivity contribution in [3.63, 3.8) is 0 Å². The zero-order valence-corrected chi connectivity index (χ0v) is 21.7. The number of hydrogen-bond acceptors (Lipinski definition) is 6. The van der Waals surface area contributed by atoms with Crippen molar-refractivity contribution in [3.05, 3.63) is 76.8 Å². The quantitative estimate of drug-likeness (QED) is 0.252. The van der Waals surface area contributed by atoms with E-state index in [0.717, 1.165) is 51.7 Å². The lowest BCUT2D eigenvalue weighted by atomic mass is 9.97. The molecule has 0 atom stereocenters. The van der Waals surface area contributed by atoms with Crippen molar-refractivity contribution >= 4 is 38.8 Å². The molecule has 0 saturated carbocycles. The number of hydrogen-bond donors (Lipinski definition) is 1. The van der Waals surface area contributed by atoms with Gasteiger partial charge in [-0.25, -0.2) is 0 Å². The van der Waals surface area contributed by atoms with E-state index < -0.39 is 0 Å². The first-order chi connectivity index (χ1) is 17.5. The van der Waals surface area contributed by atoms with Gasteiger partial charge in [0.1, 0.15) is 23.9 Å². The summed E-state index contributed by atoms with van der Waals surface area (Å²) in [6.07, 6.45) is 3.85. The van der Waals surface area contributed by atoms with Crippen LogP contribution in [0.4, 0.5) is 0 Å². The number of fused-ring (bicyclic) bond motifs is 1. The Labute approximate surface area is 219 Å². The van der Waals surface area contributed by atoms with E-state index in [1.165, 1.54) is 30.6 Å². The van der Waals surface area contributed by atoms with Crippen LogP contribution in [0.3, 0.4) is 0 Å². The summed E-state index contributed by atoms with van der Waals surface area (Å²) in [6, 6.07) is 18.1. The number of benzene rings is 3. The lowest BCUT2D eigenvalue weighted by Gasteiger charge is -2.26. The number of carbonyl (C=O) groups is 1. The molecule has 1 fully saturated rings. The molecule has 5 rings (SSSR count). The summed E-state index contributed by atoms with van der Waals surface area (Å²) in [7, 11) is 1.62. The summed E-state index contributed by atoms with van der Waals surface area (Å²) in [4.78, 5) is 17.0. The van der Waals surface area contributed by atoms with Crippen LogP contribution in [-0.4, -0.2) is 49.1 Å². The number of ether oxygens (including phenoxy) is 2. The highest BCUT2D eigenvalue weighted by Gasteiger charge is 2.22. The minimum absolute atomic E-state index is 0.00643. The second kappa shape index (κ2) is 10.9. The summed E-state index contributed by atoms with van der Waals surface area (Å²) in [5.41, 5.74) is 1.97. The summed E-state index contributed by atoms with van der Waals surface area (Å²) in [5, 5.41) is 11.0. The molecule has 0 amide bonds. The predicted molar refractivity (Wildman–Crippen MR) is 146 cm³/mol. The number of rotatable bonds is 8. The number of halogens is 1. The first-order valence-corrected chi connectivity index (χ1v) is 13.3. The maximum Gasteiger partial charge on any atom is 0.195 e. The minimum atomic E-state index is -0.0783. The van der Waals surface area contributed by atoms with E-state index in [-0.39, 0.29) is 16.6 Å². The van der Waals surface area contributed by atoms with Crippen LogP contribution in [0.1, 0.15) is 35.2 Å². The predicted octanol–water partition coefficient (Wildman–Crippen LogP) is 7.03. The highest BCUT2D eigenvalue weighted by molar-refractivity contribution is 7.22. The molecule has 1 aliphatic rings. The summed E-state index contributed by atoms with van der Waals surface area (Å²) in [5.74, 6) is 1.41. The van der Waals surface area contributed by atoms with Gasteiger partial charge in [-0.1, -0.05) is 18.0 Å². The van der Waals surface area contributed by atoms with Gasteiger partial charge in [0.15, 0.2) is 5.78 Å². The lowest BCUT2D eigenvalue weighted by Crippen LogP contribution is -2.33. The van der Waals surface area contributed by atoms with Gasteiger partial charge >= 0.3 is 0 Å². The van der Waals surface area contributed by atoms with Gasteiger partial charge in [-0.15, -0.1) is 11.3 Å². The Bertz CT molecular complexity index is 1380. The molecule has 0 bridgehead atoms. The second-order valence-corrected chi connectivity index (χ2v) is 10.4. The maximum atomic E-state index is 13.8. The number of aromatic hydroxyl groups is 1. The Hall–Kier alpha value is -3.06. The van der Waals surface area contributed by atoms with E-state index in [1.54, 1.807) is 25.3 Å². The molecule has 1 aliphatic heterocycles. The average Bonchev–Trinajstić information content (AvgIpc) is 3.29. The maximum absolute atomic E-state index is 13.8. The zero-order valence-electron chi connectivity index (χ0n) is 20.1. The average molecular weight is 522 g/mol. The van der Waals surface area contributed by atoms with Crippen LogP contribution in [0, 0.1) is 0 Å². The van der Waals surface area contributed by atoms with Crippen LogP contribution >= 0.6 is 22.9 Å². The molecule has 0 unspecified atom stereocenters. The van der Waals surface area contributed by atoms with E-state index in [4.69, 9.17) is 21.1 Å². The first kappa shape index (κ1) is 24.6. The largest absolute Gasteiger partial charge is 0.506 e. The van der Waals surface area contributed by atoms with Crippen LogP contribution < -0.4 is 9.47 Å². The van der Waals surface area contributed by atoms with Gasteiger partial charge in [-0.2, -0.15) is 0 Å². The normalized spacial score (nSPS) is 14.2. The first-order valence-electron chi connectivity index (χ1n) is 12.1. The van der Waals surface area contributed by atoms with Crippen molar-refractivity contribution in [1.82, 2.24) is 4.90 Å². The number of nitrogens with zero attached hydrogens (tertiary/aromatic N) is 1. The van der Waals surface area contributed by atoms with Gasteiger partial charge in [0.25, 0.3) is 0 Å². The molecule has 2 heterocycles. The van der Waals surface area contributed by atoms with Crippen LogP contribution in [-0.2, 0) is 0 Å². The van der Waals surface area contributed by atoms with Crippen molar-refractivity contribution in [2.75, 3.05) is 33.4 Å². The van der Waals surface area contributed by atoms with Crippen molar-refractivity contribution in [2.45, 2.75) is 19.3 Å². The second-order valence-electron chi connectivity index (χ2n) is 8.94. The molecular weight excluding hydrogens is 494 g/mol. The van der Waals surface area contributed by atoms with E-state index in [9.17, 15) is 9.90 Å². The van der Waals surface area contributed by atoms with Crippen LogP contribution in [0.5, 0.6) is 17.2 Å². The molecule has 36 heavy (non-hydrogen) atoms. The minimum Gasteiger partial charge on any atom is -0.506 e. The van der Waals surface area contributed by atoms with Crippen molar-refractivity contribution < 1.29 is 19.4 Å². The molecule has 0 spiro atoms. The molecule has 0 aliphatic carbocycles. The third-order valence-electron chi connectivity index (χ3n) is 6.58. The molecular formula is C29H28ClNO4S. The van der Waals surface area contributed by atoms with Crippen molar-refractivity contribution in [2.24, 2.45) is 0 Å². The SMILES string of the molecule is COc1ccc2c(C(=O)c3ccc(OCCN4CCCCC4)cc3)c(-c3ccc(O)c(Cl)c3)sc2c1. The Morgan fingerprint density at radius 1 is 1.00 bits per heavy atom. The monoisotopic (exact) mass is 521 g/mol. The van der Waals surface area contributed by atoms with E-state index in [2.05, 4.69) is 4.90 Å². The molecule has 0 radical (unpaired) electrons. The molecule has 186 valence electrons. The fourth-order valence-corrected chi connectivity index (χ4v) is 6.01. The van der Waals surface area contributed by atoms with Crippen LogP contribution in [0.15, 0.2) is 60.7 Å². The topological polar surface area (TPSA) is 59.0 Å². The standard InChI is InChI=1S/C29H28ClNO4S/c1-34-22-10-11-23-26(18-22)36-29(20-7-12-25(32)24(30)17-20)27(23)28(33)19-5-8-21(9-6-19)35-16-15-31-13-3-2-4-14-31/h5-12,17-18,32H,2-4,13-16H2,1H3. The summed E-state index contributed by atoms with van der Waals surface area (Å²) < 4.78 is 12.3. The summed E-state index contributed by atoms with van der Waals surface area (Å²) >= 11 is 7.70. The highest BCUT2D eigenvalue weighted by atomic mass is 35.5. The number of likely N-dealkylation sites (tertiary alicyclic amines) is 1. The van der Waals surface area contributed by atoms with Crippen molar-refractivity contribution in [1.29, 1.82) is 0 Å².